The highest BCUT2D eigenvalue weighted by Gasteiger charge is 2.31. The quantitative estimate of drug-likeness (QED) is 0.634. The van der Waals surface area contributed by atoms with Crippen molar-refractivity contribution in [3.63, 3.8) is 0 Å². The molecule has 5 rings (SSSR count). The Morgan fingerprint density at radius 3 is 2.43 bits per heavy atom. The van der Waals surface area contributed by atoms with Gasteiger partial charge < -0.3 is 19.8 Å². The molecule has 1 saturated heterocycles. The lowest BCUT2D eigenvalue weighted by Crippen LogP contribution is -2.44. The minimum atomic E-state index is 0.204. The molecule has 0 saturated carbocycles. The highest BCUT2D eigenvalue weighted by molar-refractivity contribution is 7.14. The number of likely N-dealkylation sites (N-methyl/N-ethyl adjacent to an activating group) is 1. The predicted octanol–water partition coefficient (Wildman–Crippen LogP) is 4.39. The third-order valence-corrected chi connectivity index (χ3v) is 7.38. The number of hydrogen-bond acceptors (Lipinski definition) is 7. The van der Waals surface area contributed by atoms with Crippen LogP contribution in [0.4, 0.5) is 11.4 Å². The number of thiophene rings is 1. The van der Waals surface area contributed by atoms with Gasteiger partial charge in [-0.25, -0.2) is 4.98 Å². The smallest absolute Gasteiger partial charge is 0.139 e. The Bertz CT molecular complexity index is 1080. The Labute approximate surface area is 183 Å². The molecule has 1 fully saturated rings. The molecule has 6 nitrogen and oxygen atoms in total. The second-order valence-corrected chi connectivity index (χ2v) is 9.38. The van der Waals surface area contributed by atoms with Gasteiger partial charge in [-0.05, 0) is 42.8 Å². The molecule has 0 radical (unpaired) electrons. The highest BCUT2D eigenvalue weighted by atomic mass is 32.1. The molecule has 0 amide bonds. The number of nitrogens with one attached hydrogen (secondary N) is 1. The molecule has 0 bridgehead atoms. The van der Waals surface area contributed by atoms with Gasteiger partial charge in [-0.3, -0.25) is 5.41 Å². The Morgan fingerprint density at radius 1 is 1.00 bits per heavy atom. The average molecular weight is 438 g/mol. The van der Waals surface area contributed by atoms with Crippen LogP contribution in [0.1, 0.15) is 5.01 Å². The van der Waals surface area contributed by atoms with Gasteiger partial charge in [0.25, 0.3) is 0 Å². The summed E-state index contributed by atoms with van der Waals surface area (Å²) in [5.41, 5.74) is 3.55. The molecule has 0 atom stereocenters. The average Bonchev–Trinajstić information content (AvgIpc) is 3.49. The number of hydrogen-bond donors (Lipinski definition) is 2. The standard InChI is InChI=1S/C22H23N5OS2/c1-25-8-10-26(11-9-25)15-4-6-16(7-5-15)27-13-18(28)20(21(27)23)22-24-17(14-30-22)19-3-2-12-29-19/h2-7,12,14,23,28H,8-11,13H2,1H3. The van der Waals surface area contributed by atoms with Crippen molar-refractivity contribution in [2.24, 2.45) is 0 Å². The molecule has 2 N–H and O–H groups in total. The van der Waals surface area contributed by atoms with E-state index in [4.69, 9.17) is 5.41 Å². The summed E-state index contributed by atoms with van der Waals surface area (Å²) in [7, 11) is 2.16. The molecule has 154 valence electrons. The van der Waals surface area contributed by atoms with Crippen LogP contribution in [0.15, 0.2) is 52.9 Å². The zero-order chi connectivity index (χ0) is 20.7. The summed E-state index contributed by atoms with van der Waals surface area (Å²) in [4.78, 5) is 12.3. The minimum Gasteiger partial charge on any atom is -0.510 e. The number of aromatic nitrogens is 1. The molecule has 4 heterocycles. The number of benzene rings is 1. The maximum absolute atomic E-state index is 10.6. The van der Waals surface area contributed by atoms with Crippen LogP contribution < -0.4 is 9.80 Å². The van der Waals surface area contributed by atoms with E-state index in [1.165, 1.54) is 17.0 Å². The lowest BCUT2D eigenvalue weighted by molar-refractivity contribution is 0.313. The fourth-order valence-corrected chi connectivity index (χ4v) is 5.51. The second-order valence-electron chi connectivity index (χ2n) is 7.58. The summed E-state index contributed by atoms with van der Waals surface area (Å²) >= 11 is 3.11. The van der Waals surface area contributed by atoms with Gasteiger partial charge in [0, 0.05) is 42.9 Å². The second kappa shape index (κ2) is 7.86. The van der Waals surface area contributed by atoms with Gasteiger partial charge in [0.15, 0.2) is 0 Å². The number of piperazine rings is 1. The summed E-state index contributed by atoms with van der Waals surface area (Å²) in [6, 6.07) is 12.3. The molecule has 3 aromatic rings. The molecular weight excluding hydrogens is 414 g/mol. The van der Waals surface area contributed by atoms with Crippen molar-refractivity contribution in [1.29, 1.82) is 5.41 Å². The van der Waals surface area contributed by atoms with Crippen molar-refractivity contribution >= 4 is 45.5 Å². The fourth-order valence-electron chi connectivity index (χ4n) is 3.86. The number of rotatable bonds is 4. The van der Waals surface area contributed by atoms with E-state index >= 15 is 0 Å². The maximum Gasteiger partial charge on any atom is 0.139 e. The van der Waals surface area contributed by atoms with E-state index in [1.54, 1.807) is 11.3 Å². The molecule has 2 aliphatic rings. The van der Waals surface area contributed by atoms with Crippen LogP contribution in [-0.2, 0) is 0 Å². The third-order valence-electron chi connectivity index (χ3n) is 5.62. The number of anilines is 2. The lowest BCUT2D eigenvalue weighted by Gasteiger charge is -2.34. The predicted molar refractivity (Wildman–Crippen MR) is 126 cm³/mol. The van der Waals surface area contributed by atoms with E-state index in [2.05, 4.69) is 34.0 Å². The Kier molecular flexibility index (Phi) is 5.06. The van der Waals surface area contributed by atoms with Gasteiger partial charge in [-0.15, -0.1) is 22.7 Å². The van der Waals surface area contributed by atoms with Crippen molar-refractivity contribution in [3.8, 4) is 10.6 Å². The molecule has 0 unspecified atom stereocenters. The monoisotopic (exact) mass is 437 g/mol. The summed E-state index contributed by atoms with van der Waals surface area (Å²) in [5, 5.41) is 24.0. The normalized spacial score (nSPS) is 18.0. The summed E-state index contributed by atoms with van der Waals surface area (Å²) in [5.74, 6) is 0.502. The summed E-state index contributed by atoms with van der Waals surface area (Å²) in [6.45, 7) is 4.49. The first-order valence-corrected chi connectivity index (χ1v) is 11.7. The van der Waals surface area contributed by atoms with Gasteiger partial charge >= 0.3 is 0 Å². The first kappa shape index (κ1) is 19.3. The number of aliphatic hydroxyl groups excluding tert-OH is 1. The summed E-state index contributed by atoms with van der Waals surface area (Å²) < 4.78 is 0. The van der Waals surface area contributed by atoms with Crippen LogP contribution in [0, 0.1) is 5.41 Å². The van der Waals surface area contributed by atoms with Gasteiger partial charge in [0.05, 0.1) is 22.7 Å². The van der Waals surface area contributed by atoms with E-state index in [-0.39, 0.29) is 5.76 Å². The first-order chi connectivity index (χ1) is 14.6. The lowest BCUT2D eigenvalue weighted by atomic mass is 10.2. The van der Waals surface area contributed by atoms with E-state index in [0.717, 1.165) is 42.4 Å². The van der Waals surface area contributed by atoms with Gasteiger partial charge in [-0.1, -0.05) is 6.07 Å². The van der Waals surface area contributed by atoms with Crippen molar-refractivity contribution in [2.45, 2.75) is 0 Å². The van der Waals surface area contributed by atoms with Crippen LogP contribution in [0.25, 0.3) is 16.1 Å². The van der Waals surface area contributed by atoms with Gasteiger partial charge in [0.2, 0.25) is 0 Å². The van der Waals surface area contributed by atoms with E-state index < -0.39 is 0 Å². The van der Waals surface area contributed by atoms with Crippen LogP contribution in [0.5, 0.6) is 0 Å². The zero-order valence-corrected chi connectivity index (χ0v) is 18.3. The van der Waals surface area contributed by atoms with Crippen LogP contribution in [0.3, 0.4) is 0 Å². The van der Waals surface area contributed by atoms with E-state index in [9.17, 15) is 5.11 Å². The van der Waals surface area contributed by atoms with Crippen molar-refractivity contribution in [1.82, 2.24) is 9.88 Å². The molecule has 0 aliphatic carbocycles. The topological polar surface area (TPSA) is 66.7 Å². The van der Waals surface area contributed by atoms with Crippen LogP contribution >= 0.6 is 22.7 Å². The summed E-state index contributed by atoms with van der Waals surface area (Å²) in [6.07, 6.45) is 0. The zero-order valence-electron chi connectivity index (χ0n) is 16.7. The first-order valence-electron chi connectivity index (χ1n) is 9.92. The number of amidine groups is 1. The maximum atomic E-state index is 10.6. The largest absolute Gasteiger partial charge is 0.510 e. The molecule has 2 aliphatic heterocycles. The fraction of sp³-hybridized carbons (Fsp3) is 0.273. The van der Waals surface area contributed by atoms with Crippen LogP contribution in [0.2, 0.25) is 0 Å². The Balaban J connectivity index is 1.33. The minimum absolute atomic E-state index is 0.204. The molecule has 8 heteroatoms. The number of thiazole rings is 1. The molecule has 0 spiro atoms. The van der Waals surface area contributed by atoms with Gasteiger partial charge in [0.1, 0.15) is 16.6 Å². The van der Waals surface area contributed by atoms with Crippen molar-refractivity contribution < 1.29 is 5.11 Å². The molecule has 1 aromatic carbocycles. The highest BCUT2D eigenvalue weighted by Crippen LogP contribution is 2.35. The van der Waals surface area contributed by atoms with Crippen molar-refractivity contribution in [2.75, 3.05) is 49.6 Å². The van der Waals surface area contributed by atoms with E-state index in [1.807, 2.05) is 39.9 Å². The Hall–Kier alpha value is -2.68. The van der Waals surface area contributed by atoms with Gasteiger partial charge in [-0.2, -0.15) is 0 Å². The molecule has 30 heavy (non-hydrogen) atoms. The molecular formula is C22H23N5OS2. The molecule has 2 aromatic heterocycles. The SMILES string of the molecule is CN1CCN(c2ccc(N3CC(O)=C(c4nc(-c5cccs5)cs4)C3=N)cc2)CC1. The number of aliphatic hydroxyl groups is 1. The van der Waals surface area contributed by atoms with Crippen LogP contribution in [-0.4, -0.2) is 60.6 Å². The number of nitrogens with zero attached hydrogens (tertiary/aromatic N) is 4. The third kappa shape index (κ3) is 3.51. The Morgan fingerprint density at radius 2 is 1.73 bits per heavy atom. The van der Waals surface area contributed by atoms with E-state index in [0.29, 0.717) is 23.0 Å². The van der Waals surface area contributed by atoms with Crippen molar-refractivity contribution in [3.05, 3.63) is 57.9 Å².